The lowest BCUT2D eigenvalue weighted by molar-refractivity contribution is -0.103. The van der Waals surface area contributed by atoms with Gasteiger partial charge in [-0.25, -0.2) is 0 Å². The minimum absolute atomic E-state index is 0.300. The summed E-state index contributed by atoms with van der Waals surface area (Å²) in [4.78, 5) is 0. The van der Waals surface area contributed by atoms with Crippen molar-refractivity contribution >= 4 is 0 Å². The Labute approximate surface area is 92.4 Å². The van der Waals surface area contributed by atoms with Crippen molar-refractivity contribution in [1.29, 1.82) is 0 Å². The SMILES string of the molecule is CCOC(C=CC=CC(C)(C)O)OCC. The third kappa shape index (κ3) is 9.66. The highest BCUT2D eigenvalue weighted by molar-refractivity contribution is 5.08. The maximum Gasteiger partial charge on any atom is 0.177 e. The lowest BCUT2D eigenvalue weighted by Gasteiger charge is -2.12. The average Bonchev–Trinajstić information content (AvgIpc) is 2.11. The zero-order valence-electron chi connectivity index (χ0n) is 10.1. The van der Waals surface area contributed by atoms with E-state index in [1.807, 2.05) is 26.0 Å². The molecule has 0 aromatic heterocycles. The fourth-order valence-electron chi connectivity index (χ4n) is 0.934. The largest absolute Gasteiger partial charge is 0.386 e. The van der Waals surface area contributed by atoms with Gasteiger partial charge in [-0.05, 0) is 33.8 Å². The van der Waals surface area contributed by atoms with Gasteiger partial charge in [0, 0.05) is 13.2 Å². The van der Waals surface area contributed by atoms with E-state index >= 15 is 0 Å². The van der Waals surface area contributed by atoms with Crippen LogP contribution in [-0.2, 0) is 9.47 Å². The van der Waals surface area contributed by atoms with Crippen LogP contribution in [0.1, 0.15) is 27.7 Å². The predicted octanol–water partition coefficient (Wildman–Crippen LogP) is 2.27. The maximum atomic E-state index is 9.41. The summed E-state index contributed by atoms with van der Waals surface area (Å²) in [6.07, 6.45) is 6.82. The molecule has 0 bridgehead atoms. The Hall–Kier alpha value is -0.640. The van der Waals surface area contributed by atoms with Crippen molar-refractivity contribution < 1.29 is 14.6 Å². The van der Waals surface area contributed by atoms with Gasteiger partial charge in [0.1, 0.15) is 0 Å². The Morgan fingerprint density at radius 3 is 2.07 bits per heavy atom. The topological polar surface area (TPSA) is 38.7 Å². The fraction of sp³-hybridized carbons (Fsp3) is 0.667. The molecule has 0 radical (unpaired) electrons. The Kier molecular flexibility index (Phi) is 7.30. The van der Waals surface area contributed by atoms with E-state index in [1.165, 1.54) is 0 Å². The van der Waals surface area contributed by atoms with Gasteiger partial charge < -0.3 is 14.6 Å². The first-order valence-electron chi connectivity index (χ1n) is 5.31. The van der Waals surface area contributed by atoms with E-state index in [0.29, 0.717) is 13.2 Å². The van der Waals surface area contributed by atoms with E-state index in [0.717, 1.165) is 0 Å². The van der Waals surface area contributed by atoms with Gasteiger partial charge in [0.2, 0.25) is 0 Å². The standard InChI is InChI=1S/C12H22O3/c1-5-14-11(15-6-2)9-7-8-10-12(3,4)13/h7-11,13H,5-6H2,1-4H3. The van der Waals surface area contributed by atoms with Crippen molar-refractivity contribution in [1.82, 2.24) is 0 Å². The Balaban J connectivity index is 4.04. The summed E-state index contributed by atoms with van der Waals surface area (Å²) >= 11 is 0. The number of ether oxygens (including phenoxy) is 2. The minimum atomic E-state index is -0.781. The van der Waals surface area contributed by atoms with Crippen LogP contribution in [0.4, 0.5) is 0 Å². The van der Waals surface area contributed by atoms with Crippen molar-refractivity contribution in [3.05, 3.63) is 24.3 Å². The lowest BCUT2D eigenvalue weighted by atomic mass is 10.1. The van der Waals surface area contributed by atoms with E-state index < -0.39 is 5.60 Å². The monoisotopic (exact) mass is 214 g/mol. The minimum Gasteiger partial charge on any atom is -0.386 e. The second-order valence-electron chi connectivity index (χ2n) is 3.68. The molecule has 88 valence electrons. The smallest absolute Gasteiger partial charge is 0.177 e. The zero-order valence-corrected chi connectivity index (χ0v) is 10.1. The van der Waals surface area contributed by atoms with Crippen LogP contribution < -0.4 is 0 Å². The molecule has 0 saturated heterocycles. The van der Waals surface area contributed by atoms with Crippen molar-refractivity contribution in [3.63, 3.8) is 0 Å². The Bertz CT molecular complexity index is 195. The third-order valence-electron chi connectivity index (χ3n) is 1.55. The first-order valence-corrected chi connectivity index (χ1v) is 5.31. The average molecular weight is 214 g/mol. The Morgan fingerprint density at radius 1 is 1.13 bits per heavy atom. The van der Waals surface area contributed by atoms with Gasteiger partial charge in [-0.1, -0.05) is 18.2 Å². The first kappa shape index (κ1) is 14.4. The fourth-order valence-corrected chi connectivity index (χ4v) is 0.934. The molecule has 0 aliphatic rings. The molecule has 0 heterocycles. The molecule has 3 nitrogen and oxygen atoms in total. The van der Waals surface area contributed by atoms with E-state index in [1.54, 1.807) is 26.0 Å². The maximum absolute atomic E-state index is 9.41. The van der Waals surface area contributed by atoms with Crippen LogP contribution in [0.3, 0.4) is 0 Å². The quantitative estimate of drug-likeness (QED) is 0.522. The van der Waals surface area contributed by atoms with Gasteiger partial charge >= 0.3 is 0 Å². The lowest BCUT2D eigenvalue weighted by Crippen LogP contribution is -2.14. The highest BCUT2D eigenvalue weighted by Crippen LogP contribution is 2.03. The van der Waals surface area contributed by atoms with Crippen molar-refractivity contribution in [2.24, 2.45) is 0 Å². The molecule has 0 unspecified atom stereocenters. The molecule has 0 aromatic rings. The third-order valence-corrected chi connectivity index (χ3v) is 1.55. The molecule has 1 N–H and O–H groups in total. The van der Waals surface area contributed by atoms with Gasteiger partial charge in [-0.15, -0.1) is 0 Å². The molecule has 0 rings (SSSR count). The summed E-state index contributed by atoms with van der Waals surface area (Å²) in [7, 11) is 0. The molecule has 0 saturated carbocycles. The number of rotatable bonds is 7. The molecule has 0 fully saturated rings. The number of allylic oxidation sites excluding steroid dienone is 2. The van der Waals surface area contributed by atoms with Gasteiger partial charge in [-0.2, -0.15) is 0 Å². The van der Waals surface area contributed by atoms with Crippen LogP contribution in [0.5, 0.6) is 0 Å². The second kappa shape index (κ2) is 7.63. The molecule has 0 amide bonds. The van der Waals surface area contributed by atoms with Crippen molar-refractivity contribution in [2.75, 3.05) is 13.2 Å². The van der Waals surface area contributed by atoms with Crippen molar-refractivity contribution in [3.8, 4) is 0 Å². The second-order valence-corrected chi connectivity index (χ2v) is 3.68. The van der Waals surface area contributed by atoms with Gasteiger partial charge in [0.25, 0.3) is 0 Å². The van der Waals surface area contributed by atoms with Gasteiger partial charge in [0.05, 0.1) is 5.60 Å². The Morgan fingerprint density at radius 2 is 1.67 bits per heavy atom. The summed E-state index contributed by atoms with van der Waals surface area (Å²) in [5.41, 5.74) is -0.781. The summed E-state index contributed by atoms with van der Waals surface area (Å²) in [6, 6.07) is 0. The van der Waals surface area contributed by atoms with E-state index in [4.69, 9.17) is 9.47 Å². The van der Waals surface area contributed by atoms with Crippen LogP contribution in [0.2, 0.25) is 0 Å². The molecule has 0 aliphatic heterocycles. The summed E-state index contributed by atoms with van der Waals surface area (Å²) in [5.74, 6) is 0. The number of hydrogen-bond donors (Lipinski definition) is 1. The van der Waals surface area contributed by atoms with Gasteiger partial charge in [-0.3, -0.25) is 0 Å². The van der Waals surface area contributed by atoms with E-state index in [-0.39, 0.29) is 6.29 Å². The normalized spacial score (nSPS) is 13.5. The highest BCUT2D eigenvalue weighted by atomic mass is 16.7. The summed E-state index contributed by atoms with van der Waals surface area (Å²) in [5, 5.41) is 9.41. The van der Waals surface area contributed by atoms with Crippen LogP contribution in [0.25, 0.3) is 0 Å². The molecular formula is C12H22O3. The van der Waals surface area contributed by atoms with Crippen LogP contribution in [0, 0.1) is 0 Å². The van der Waals surface area contributed by atoms with E-state index in [9.17, 15) is 5.11 Å². The summed E-state index contributed by atoms with van der Waals surface area (Å²) in [6.45, 7) is 8.52. The molecule has 0 spiro atoms. The number of aliphatic hydroxyl groups is 1. The summed E-state index contributed by atoms with van der Waals surface area (Å²) < 4.78 is 10.6. The van der Waals surface area contributed by atoms with Crippen molar-refractivity contribution in [2.45, 2.75) is 39.6 Å². The predicted molar refractivity (Wildman–Crippen MR) is 61.6 cm³/mol. The first-order chi connectivity index (χ1) is 6.99. The van der Waals surface area contributed by atoms with Crippen LogP contribution >= 0.6 is 0 Å². The highest BCUT2D eigenvalue weighted by Gasteiger charge is 2.04. The van der Waals surface area contributed by atoms with Crippen LogP contribution in [-0.4, -0.2) is 30.2 Å². The number of hydrogen-bond acceptors (Lipinski definition) is 3. The molecule has 0 aromatic carbocycles. The molecule has 3 heteroatoms. The van der Waals surface area contributed by atoms with E-state index in [2.05, 4.69) is 0 Å². The zero-order chi connectivity index (χ0) is 11.7. The van der Waals surface area contributed by atoms with Crippen LogP contribution in [0.15, 0.2) is 24.3 Å². The van der Waals surface area contributed by atoms with Gasteiger partial charge in [0.15, 0.2) is 6.29 Å². The molecule has 0 aliphatic carbocycles. The molecular weight excluding hydrogens is 192 g/mol. The molecule has 15 heavy (non-hydrogen) atoms. The molecule has 0 atom stereocenters.